The maximum atomic E-state index is 12.1. The molecule has 0 radical (unpaired) electrons. The molecule has 17 heavy (non-hydrogen) atoms. The van der Waals surface area contributed by atoms with Gasteiger partial charge in [0.15, 0.2) is 5.85 Å². The highest BCUT2D eigenvalue weighted by Crippen LogP contribution is 2.53. The minimum atomic E-state index is -3.61. The molecule has 0 aliphatic rings. The zero-order valence-electron chi connectivity index (χ0n) is 11.0. The fourth-order valence-corrected chi connectivity index (χ4v) is 3.18. The van der Waals surface area contributed by atoms with E-state index >= 15 is 0 Å². The predicted octanol–water partition coefficient (Wildman–Crippen LogP) is 2.51. The van der Waals surface area contributed by atoms with Crippen molar-refractivity contribution in [1.82, 2.24) is 0 Å². The first-order chi connectivity index (χ1) is 8.01. The summed E-state index contributed by atoms with van der Waals surface area (Å²) in [5, 5.41) is 19.6. The van der Waals surface area contributed by atoms with Crippen molar-refractivity contribution >= 4 is 7.60 Å². The molecule has 2 N–H and O–H groups in total. The maximum absolute atomic E-state index is 12.1. The Morgan fingerprint density at radius 1 is 1.06 bits per heavy atom. The summed E-state index contributed by atoms with van der Waals surface area (Å²) in [7, 11) is -3.61. The van der Waals surface area contributed by atoms with Crippen LogP contribution < -0.4 is 0 Å². The zero-order valence-corrected chi connectivity index (χ0v) is 11.9. The van der Waals surface area contributed by atoms with Crippen LogP contribution in [0, 0.1) is 0 Å². The molecule has 0 bridgehead atoms. The van der Waals surface area contributed by atoms with E-state index in [1.807, 2.05) is 6.92 Å². The van der Waals surface area contributed by atoms with Crippen LogP contribution in [0.5, 0.6) is 0 Å². The largest absolute Gasteiger partial charge is 0.390 e. The molecule has 0 saturated heterocycles. The minimum absolute atomic E-state index is 0.177. The van der Waals surface area contributed by atoms with Gasteiger partial charge in [0.25, 0.3) is 0 Å². The van der Waals surface area contributed by atoms with E-state index in [1.54, 1.807) is 13.8 Å². The lowest BCUT2D eigenvalue weighted by Gasteiger charge is -2.25. The number of hydrogen-bond acceptors (Lipinski definition) is 5. The Kier molecular flexibility index (Phi) is 9.10. The molecule has 0 spiro atoms. The molecule has 0 aromatic carbocycles. The van der Waals surface area contributed by atoms with Crippen LogP contribution in [0.4, 0.5) is 0 Å². The van der Waals surface area contributed by atoms with Crippen molar-refractivity contribution in [2.75, 3.05) is 13.2 Å². The molecule has 0 aromatic heterocycles. The van der Waals surface area contributed by atoms with E-state index in [0.29, 0.717) is 6.42 Å². The van der Waals surface area contributed by atoms with Crippen molar-refractivity contribution in [3.8, 4) is 0 Å². The molecule has 0 rings (SSSR count). The van der Waals surface area contributed by atoms with Crippen molar-refractivity contribution in [2.45, 2.75) is 58.4 Å². The number of aliphatic hydroxyl groups is 2. The lowest BCUT2D eigenvalue weighted by molar-refractivity contribution is 0.0346. The van der Waals surface area contributed by atoms with Crippen molar-refractivity contribution in [3.05, 3.63) is 0 Å². The Labute approximate surface area is 104 Å². The fraction of sp³-hybridized carbons (Fsp3) is 1.00. The molecule has 0 aliphatic carbocycles. The molecule has 0 heterocycles. The second kappa shape index (κ2) is 9.06. The molecule has 0 aromatic rings. The zero-order chi connectivity index (χ0) is 13.3. The normalized spacial score (nSPS) is 15.8. The van der Waals surface area contributed by atoms with Crippen molar-refractivity contribution < 1.29 is 23.8 Å². The van der Waals surface area contributed by atoms with Crippen LogP contribution in [0.3, 0.4) is 0 Å². The summed E-state index contributed by atoms with van der Waals surface area (Å²) in [6.07, 6.45) is 2.12. The highest BCUT2D eigenvalue weighted by Gasteiger charge is 2.38. The Hall–Kier alpha value is 0.0700. The van der Waals surface area contributed by atoms with E-state index in [2.05, 4.69) is 0 Å². The van der Waals surface area contributed by atoms with Crippen molar-refractivity contribution in [2.24, 2.45) is 0 Å². The van der Waals surface area contributed by atoms with E-state index in [1.165, 1.54) is 0 Å². The van der Waals surface area contributed by atoms with Crippen LogP contribution in [-0.4, -0.2) is 35.4 Å². The third kappa shape index (κ3) is 5.98. The summed E-state index contributed by atoms with van der Waals surface area (Å²) in [6.45, 7) is 5.74. The topological polar surface area (TPSA) is 76.0 Å². The molecule has 0 aliphatic heterocycles. The summed E-state index contributed by atoms with van der Waals surface area (Å²) in [5.41, 5.74) is 0. The number of rotatable bonds is 10. The molecule has 6 heteroatoms. The van der Waals surface area contributed by atoms with E-state index in [9.17, 15) is 14.8 Å². The first-order valence-electron chi connectivity index (χ1n) is 6.26. The van der Waals surface area contributed by atoms with Crippen LogP contribution in [0.15, 0.2) is 0 Å². The molecule has 0 amide bonds. The summed E-state index contributed by atoms with van der Waals surface area (Å²) in [4.78, 5) is 0. The van der Waals surface area contributed by atoms with Crippen LogP contribution in [0.1, 0.15) is 46.5 Å². The van der Waals surface area contributed by atoms with Gasteiger partial charge in [-0.05, 0) is 20.3 Å². The lowest BCUT2D eigenvalue weighted by Crippen LogP contribution is -2.27. The van der Waals surface area contributed by atoms with Gasteiger partial charge in [-0.15, -0.1) is 0 Å². The van der Waals surface area contributed by atoms with Gasteiger partial charge in [-0.25, -0.2) is 0 Å². The molecule has 0 unspecified atom stereocenters. The Morgan fingerprint density at radius 3 is 2.00 bits per heavy atom. The van der Waals surface area contributed by atoms with Gasteiger partial charge < -0.3 is 19.3 Å². The molecule has 5 nitrogen and oxygen atoms in total. The first-order valence-corrected chi connectivity index (χ1v) is 7.87. The van der Waals surface area contributed by atoms with Gasteiger partial charge in [0.1, 0.15) is 0 Å². The highest BCUT2D eigenvalue weighted by atomic mass is 31.2. The van der Waals surface area contributed by atoms with Gasteiger partial charge >= 0.3 is 7.60 Å². The molecule has 2 atom stereocenters. The lowest BCUT2D eigenvalue weighted by atomic mass is 10.1. The molecule has 0 saturated carbocycles. The molecular formula is C11H25O5P. The van der Waals surface area contributed by atoms with Crippen LogP contribution in [-0.2, 0) is 13.6 Å². The van der Waals surface area contributed by atoms with Gasteiger partial charge in [0.2, 0.25) is 0 Å². The van der Waals surface area contributed by atoms with E-state index in [-0.39, 0.29) is 13.2 Å². The number of hydrogen-bond donors (Lipinski definition) is 2. The van der Waals surface area contributed by atoms with Crippen molar-refractivity contribution in [1.29, 1.82) is 0 Å². The predicted molar refractivity (Wildman–Crippen MR) is 67.0 cm³/mol. The van der Waals surface area contributed by atoms with E-state index in [4.69, 9.17) is 9.05 Å². The smallest absolute Gasteiger partial charge is 0.361 e. The van der Waals surface area contributed by atoms with Crippen LogP contribution in [0.2, 0.25) is 0 Å². The van der Waals surface area contributed by atoms with Crippen molar-refractivity contribution in [3.63, 3.8) is 0 Å². The monoisotopic (exact) mass is 268 g/mol. The summed E-state index contributed by atoms with van der Waals surface area (Å²) in [5.74, 6) is -1.46. The summed E-state index contributed by atoms with van der Waals surface area (Å²) < 4.78 is 22.1. The number of aliphatic hydroxyl groups excluding tert-OH is 2. The summed E-state index contributed by atoms with van der Waals surface area (Å²) >= 11 is 0. The second-order valence-corrected chi connectivity index (χ2v) is 5.98. The Morgan fingerprint density at radius 2 is 1.59 bits per heavy atom. The molecule has 0 fully saturated rings. The first kappa shape index (κ1) is 17.1. The molecular weight excluding hydrogens is 243 g/mol. The fourth-order valence-electron chi connectivity index (χ4n) is 1.51. The quantitative estimate of drug-likeness (QED) is 0.470. The van der Waals surface area contributed by atoms with E-state index in [0.717, 1.165) is 19.3 Å². The Balaban J connectivity index is 4.38. The van der Waals surface area contributed by atoms with Crippen LogP contribution >= 0.6 is 7.60 Å². The minimum Gasteiger partial charge on any atom is -0.390 e. The van der Waals surface area contributed by atoms with Gasteiger partial charge in [0.05, 0.1) is 19.3 Å². The highest BCUT2D eigenvalue weighted by molar-refractivity contribution is 7.54. The van der Waals surface area contributed by atoms with Crippen LogP contribution in [0.25, 0.3) is 0 Å². The maximum Gasteiger partial charge on any atom is 0.361 e. The van der Waals surface area contributed by atoms with Gasteiger partial charge in [-0.2, -0.15) is 0 Å². The number of unbranched alkanes of at least 4 members (excludes halogenated alkanes) is 2. The molecule has 104 valence electrons. The van der Waals surface area contributed by atoms with Gasteiger partial charge in [-0.1, -0.05) is 26.2 Å². The van der Waals surface area contributed by atoms with E-state index < -0.39 is 19.5 Å². The SMILES string of the molecule is CCCCC[C@H](O)[C@H](O)P(=O)(OCC)OCC. The average molecular weight is 268 g/mol. The summed E-state index contributed by atoms with van der Waals surface area (Å²) in [6, 6.07) is 0. The third-order valence-corrected chi connectivity index (χ3v) is 4.62. The average Bonchev–Trinajstić information content (AvgIpc) is 2.29. The Bertz CT molecular complexity index is 224. The standard InChI is InChI=1S/C11H25O5P/c1-4-7-8-9-10(12)11(13)17(14,15-5-2)16-6-3/h10-13H,4-9H2,1-3H3/t10-,11+/m0/s1. The third-order valence-electron chi connectivity index (χ3n) is 2.39. The van der Waals surface area contributed by atoms with Gasteiger partial charge in [-0.3, -0.25) is 4.57 Å². The second-order valence-electron chi connectivity index (χ2n) is 3.85. The van der Waals surface area contributed by atoms with Gasteiger partial charge in [0, 0.05) is 0 Å².